The molecular weight excluding hydrogens is 241 g/mol. The van der Waals surface area contributed by atoms with Crippen molar-refractivity contribution in [2.24, 2.45) is 0 Å². The quantitative estimate of drug-likeness (QED) is 0.838. The number of anilines is 1. The Morgan fingerprint density at radius 3 is 3.00 bits per heavy atom. The maximum absolute atomic E-state index is 13.5. The lowest BCUT2D eigenvalue weighted by atomic mass is 10.1. The molecule has 0 spiro atoms. The number of para-hydroxylation sites is 1. The van der Waals surface area contributed by atoms with E-state index in [1.807, 2.05) is 0 Å². The smallest absolute Gasteiger partial charge is 0.337 e. The van der Waals surface area contributed by atoms with E-state index in [4.69, 9.17) is 5.11 Å². The highest BCUT2D eigenvalue weighted by Gasteiger charge is 2.13. The number of aromatic carboxylic acids is 1. The number of rotatable bonds is 5. The van der Waals surface area contributed by atoms with Crippen LogP contribution >= 0.6 is 0 Å². The van der Waals surface area contributed by atoms with Gasteiger partial charge in [0.2, 0.25) is 6.39 Å². The van der Waals surface area contributed by atoms with Crippen LogP contribution in [0.3, 0.4) is 0 Å². The van der Waals surface area contributed by atoms with Gasteiger partial charge in [-0.05, 0) is 12.1 Å². The van der Waals surface area contributed by atoms with Gasteiger partial charge in [-0.3, -0.25) is 0 Å². The first-order valence-electron chi connectivity index (χ1n) is 5.19. The number of aromatic nitrogens is 2. The van der Waals surface area contributed by atoms with Crippen LogP contribution in [-0.2, 0) is 6.42 Å². The minimum Gasteiger partial charge on any atom is -0.478 e. The van der Waals surface area contributed by atoms with Crippen LogP contribution in [0.1, 0.15) is 16.2 Å². The summed E-state index contributed by atoms with van der Waals surface area (Å²) in [5.41, 5.74) is -0.142. The molecule has 7 heteroatoms. The Morgan fingerprint density at radius 1 is 1.50 bits per heavy atom. The summed E-state index contributed by atoms with van der Waals surface area (Å²) in [7, 11) is 0. The van der Waals surface area contributed by atoms with Crippen molar-refractivity contribution in [3.8, 4) is 0 Å². The molecule has 0 aliphatic carbocycles. The molecule has 6 nitrogen and oxygen atoms in total. The largest absolute Gasteiger partial charge is 0.478 e. The van der Waals surface area contributed by atoms with Gasteiger partial charge in [-0.15, -0.1) is 0 Å². The second kappa shape index (κ2) is 5.26. The highest BCUT2D eigenvalue weighted by molar-refractivity contribution is 5.94. The van der Waals surface area contributed by atoms with Gasteiger partial charge in [0, 0.05) is 13.0 Å². The van der Waals surface area contributed by atoms with E-state index in [0.29, 0.717) is 18.8 Å². The molecule has 0 aliphatic rings. The van der Waals surface area contributed by atoms with Gasteiger partial charge in [0.05, 0.1) is 11.3 Å². The zero-order valence-corrected chi connectivity index (χ0v) is 9.26. The van der Waals surface area contributed by atoms with Gasteiger partial charge in [-0.25, -0.2) is 9.18 Å². The van der Waals surface area contributed by atoms with E-state index in [1.54, 1.807) is 0 Å². The maximum atomic E-state index is 13.5. The van der Waals surface area contributed by atoms with Crippen molar-refractivity contribution in [2.45, 2.75) is 6.42 Å². The van der Waals surface area contributed by atoms with Crippen LogP contribution in [-0.4, -0.2) is 27.8 Å². The fourth-order valence-electron chi connectivity index (χ4n) is 1.48. The van der Waals surface area contributed by atoms with Crippen molar-refractivity contribution >= 4 is 11.7 Å². The molecule has 0 atom stereocenters. The minimum atomic E-state index is -1.18. The first kappa shape index (κ1) is 12.0. The number of carbonyl (C=O) groups is 1. The molecule has 1 heterocycles. The molecule has 2 N–H and O–H groups in total. The monoisotopic (exact) mass is 251 g/mol. The van der Waals surface area contributed by atoms with Gasteiger partial charge < -0.3 is 14.9 Å². The third kappa shape index (κ3) is 2.62. The van der Waals surface area contributed by atoms with Gasteiger partial charge in [0.1, 0.15) is 5.82 Å². The average Bonchev–Trinajstić information content (AvgIpc) is 2.84. The van der Waals surface area contributed by atoms with Crippen LogP contribution < -0.4 is 5.32 Å². The topological polar surface area (TPSA) is 88.2 Å². The van der Waals surface area contributed by atoms with Gasteiger partial charge in [0.25, 0.3) is 0 Å². The van der Waals surface area contributed by atoms with Crippen molar-refractivity contribution in [1.29, 1.82) is 0 Å². The van der Waals surface area contributed by atoms with Crippen molar-refractivity contribution in [3.05, 3.63) is 41.8 Å². The SMILES string of the molecule is O=C(O)c1cccc(F)c1NCCc1ncon1. The number of nitrogens with zero attached hydrogens (tertiary/aromatic N) is 2. The van der Waals surface area contributed by atoms with Gasteiger partial charge in [-0.1, -0.05) is 11.2 Å². The average molecular weight is 251 g/mol. The van der Waals surface area contributed by atoms with E-state index >= 15 is 0 Å². The Hall–Kier alpha value is -2.44. The molecule has 0 saturated carbocycles. The molecule has 0 saturated heterocycles. The first-order valence-corrected chi connectivity index (χ1v) is 5.19. The van der Waals surface area contributed by atoms with Crippen LogP contribution in [0.15, 0.2) is 29.1 Å². The Kier molecular flexibility index (Phi) is 3.52. The summed E-state index contributed by atoms with van der Waals surface area (Å²) in [5, 5.41) is 15.2. The van der Waals surface area contributed by atoms with Gasteiger partial charge in [0.15, 0.2) is 5.82 Å². The molecule has 0 radical (unpaired) electrons. The zero-order chi connectivity index (χ0) is 13.0. The summed E-state index contributed by atoms with van der Waals surface area (Å²) >= 11 is 0. The molecule has 18 heavy (non-hydrogen) atoms. The van der Waals surface area contributed by atoms with Crippen molar-refractivity contribution in [1.82, 2.24) is 10.1 Å². The molecule has 0 fully saturated rings. The fourth-order valence-corrected chi connectivity index (χ4v) is 1.48. The molecule has 1 aromatic heterocycles. The van der Waals surface area contributed by atoms with Crippen LogP contribution in [0.5, 0.6) is 0 Å². The minimum absolute atomic E-state index is 0.0338. The van der Waals surface area contributed by atoms with Crippen LogP contribution in [0, 0.1) is 5.82 Å². The van der Waals surface area contributed by atoms with E-state index in [2.05, 4.69) is 20.0 Å². The Morgan fingerprint density at radius 2 is 2.33 bits per heavy atom. The summed E-state index contributed by atoms with van der Waals surface area (Å²) in [6.45, 7) is 0.306. The summed E-state index contributed by atoms with van der Waals surface area (Å²) in [4.78, 5) is 14.7. The number of hydrogen-bond acceptors (Lipinski definition) is 5. The van der Waals surface area contributed by atoms with E-state index in [-0.39, 0.29) is 11.3 Å². The predicted molar refractivity (Wildman–Crippen MR) is 59.9 cm³/mol. The third-order valence-corrected chi connectivity index (χ3v) is 2.30. The molecular formula is C11H10FN3O3. The molecule has 2 rings (SSSR count). The van der Waals surface area contributed by atoms with Crippen molar-refractivity contribution < 1.29 is 18.8 Å². The highest BCUT2D eigenvalue weighted by Crippen LogP contribution is 2.19. The maximum Gasteiger partial charge on any atom is 0.337 e. The molecule has 0 amide bonds. The van der Waals surface area contributed by atoms with E-state index < -0.39 is 11.8 Å². The Bertz CT molecular complexity index is 542. The second-order valence-electron chi connectivity index (χ2n) is 3.49. The van der Waals surface area contributed by atoms with Crippen molar-refractivity contribution in [3.63, 3.8) is 0 Å². The highest BCUT2D eigenvalue weighted by atomic mass is 19.1. The van der Waals surface area contributed by atoms with Gasteiger partial charge >= 0.3 is 5.97 Å². The summed E-state index contributed by atoms with van der Waals surface area (Å²) < 4.78 is 18.0. The lowest BCUT2D eigenvalue weighted by molar-refractivity contribution is 0.0697. The molecule has 1 aromatic carbocycles. The summed E-state index contributed by atoms with van der Waals surface area (Å²) in [6, 6.07) is 3.88. The normalized spacial score (nSPS) is 10.3. The predicted octanol–water partition coefficient (Wildman–Crippen LogP) is 1.56. The molecule has 0 unspecified atom stereocenters. The number of halogens is 1. The number of nitrogens with one attached hydrogen (secondary N) is 1. The number of carboxylic acid groups (broad SMARTS) is 1. The molecule has 0 aliphatic heterocycles. The standard InChI is InChI=1S/C11H10FN3O3/c12-8-3-1-2-7(11(16)17)10(8)13-5-4-9-14-6-18-15-9/h1-3,6,13H,4-5H2,(H,16,17). The summed E-state index contributed by atoms with van der Waals surface area (Å²) in [6.07, 6.45) is 1.60. The van der Waals surface area contributed by atoms with E-state index in [9.17, 15) is 9.18 Å². The lowest BCUT2D eigenvalue weighted by Gasteiger charge is -2.09. The van der Waals surface area contributed by atoms with E-state index in [1.165, 1.54) is 24.6 Å². The number of hydrogen-bond donors (Lipinski definition) is 2. The summed E-state index contributed by atoms with van der Waals surface area (Å²) in [5.74, 6) is -1.32. The molecule has 2 aromatic rings. The van der Waals surface area contributed by atoms with Crippen LogP contribution in [0.4, 0.5) is 10.1 Å². The number of benzene rings is 1. The Balaban J connectivity index is 2.06. The zero-order valence-electron chi connectivity index (χ0n) is 9.26. The molecule has 0 bridgehead atoms. The number of carboxylic acids is 1. The molecule has 94 valence electrons. The van der Waals surface area contributed by atoms with Gasteiger partial charge in [-0.2, -0.15) is 4.98 Å². The second-order valence-corrected chi connectivity index (χ2v) is 3.49. The Labute approximate surface area is 101 Å². The van der Waals surface area contributed by atoms with E-state index in [0.717, 1.165) is 0 Å². The fraction of sp³-hybridized carbons (Fsp3) is 0.182. The van der Waals surface area contributed by atoms with Crippen molar-refractivity contribution in [2.75, 3.05) is 11.9 Å². The first-order chi connectivity index (χ1) is 8.68. The lowest BCUT2D eigenvalue weighted by Crippen LogP contribution is -2.11. The third-order valence-electron chi connectivity index (χ3n) is 2.30. The van der Waals surface area contributed by atoms with Crippen LogP contribution in [0.2, 0.25) is 0 Å². The van der Waals surface area contributed by atoms with Crippen LogP contribution in [0.25, 0.3) is 0 Å².